The maximum atomic E-state index is 12.5. The van der Waals surface area contributed by atoms with E-state index in [1.807, 2.05) is 24.2 Å². The fourth-order valence-corrected chi connectivity index (χ4v) is 4.01. The number of carbonyl (C=O) groups excluding carboxylic acids is 1. The van der Waals surface area contributed by atoms with E-state index in [2.05, 4.69) is 36.3 Å². The number of thioether (sulfide) groups is 1. The standard InChI is InChI=1S/C17H21N3OS/c1-13(14-6-4-3-5-7-14)12-22-16-8-9-20(17(16)21)15-10-18-19(2)11-15/h3-7,10-11,13,16H,8-9,12H2,1-2H3/t13-,16+/m0/s1. The summed E-state index contributed by atoms with van der Waals surface area (Å²) in [6.07, 6.45) is 4.58. The first-order valence-electron chi connectivity index (χ1n) is 7.61. The highest BCUT2D eigenvalue weighted by molar-refractivity contribution is 8.00. The molecule has 22 heavy (non-hydrogen) atoms. The molecule has 0 bridgehead atoms. The summed E-state index contributed by atoms with van der Waals surface area (Å²) in [6, 6.07) is 10.5. The van der Waals surface area contributed by atoms with Gasteiger partial charge in [0.05, 0.1) is 17.1 Å². The molecule has 1 amide bonds. The average Bonchev–Trinajstić information content (AvgIpc) is 3.12. The summed E-state index contributed by atoms with van der Waals surface area (Å²) < 4.78 is 1.74. The first-order valence-corrected chi connectivity index (χ1v) is 8.66. The number of aromatic nitrogens is 2. The van der Waals surface area contributed by atoms with E-state index in [-0.39, 0.29) is 11.2 Å². The highest BCUT2D eigenvalue weighted by atomic mass is 32.2. The summed E-state index contributed by atoms with van der Waals surface area (Å²) >= 11 is 1.78. The molecule has 0 spiro atoms. The minimum absolute atomic E-state index is 0.0753. The highest BCUT2D eigenvalue weighted by Gasteiger charge is 2.33. The average molecular weight is 315 g/mol. The van der Waals surface area contributed by atoms with Gasteiger partial charge in [-0.15, -0.1) is 11.8 Å². The van der Waals surface area contributed by atoms with E-state index in [4.69, 9.17) is 0 Å². The molecule has 1 saturated heterocycles. The number of hydrogen-bond donors (Lipinski definition) is 0. The predicted octanol–water partition coefficient (Wildman–Crippen LogP) is 3.06. The van der Waals surface area contributed by atoms with Crippen molar-refractivity contribution in [1.82, 2.24) is 9.78 Å². The van der Waals surface area contributed by atoms with Gasteiger partial charge in [0.1, 0.15) is 0 Å². The Hall–Kier alpha value is -1.75. The van der Waals surface area contributed by atoms with Gasteiger partial charge >= 0.3 is 0 Å². The second kappa shape index (κ2) is 6.57. The molecule has 5 heteroatoms. The van der Waals surface area contributed by atoms with Crippen LogP contribution in [-0.2, 0) is 11.8 Å². The minimum atomic E-state index is 0.0753. The van der Waals surface area contributed by atoms with E-state index in [9.17, 15) is 4.79 Å². The Morgan fingerprint density at radius 2 is 2.14 bits per heavy atom. The molecule has 1 aliphatic heterocycles. The number of hydrogen-bond acceptors (Lipinski definition) is 3. The number of benzene rings is 1. The van der Waals surface area contributed by atoms with E-state index in [0.717, 1.165) is 24.4 Å². The van der Waals surface area contributed by atoms with Gasteiger partial charge in [-0.05, 0) is 17.9 Å². The topological polar surface area (TPSA) is 38.1 Å². The van der Waals surface area contributed by atoms with Crippen LogP contribution in [0.1, 0.15) is 24.8 Å². The monoisotopic (exact) mass is 315 g/mol. The van der Waals surface area contributed by atoms with Crippen LogP contribution in [0.2, 0.25) is 0 Å². The molecule has 4 nitrogen and oxygen atoms in total. The van der Waals surface area contributed by atoms with Crippen LogP contribution in [0, 0.1) is 0 Å². The minimum Gasteiger partial charge on any atom is -0.308 e. The third-order valence-electron chi connectivity index (χ3n) is 4.08. The number of aryl methyl sites for hydroxylation is 1. The lowest BCUT2D eigenvalue weighted by molar-refractivity contribution is -0.116. The van der Waals surface area contributed by atoms with Crippen LogP contribution >= 0.6 is 11.8 Å². The van der Waals surface area contributed by atoms with Crippen molar-refractivity contribution < 1.29 is 4.79 Å². The van der Waals surface area contributed by atoms with Crippen molar-refractivity contribution in [2.75, 3.05) is 17.2 Å². The number of rotatable bonds is 5. The quantitative estimate of drug-likeness (QED) is 0.851. The first-order chi connectivity index (χ1) is 10.6. The van der Waals surface area contributed by atoms with Gasteiger partial charge in [-0.3, -0.25) is 9.48 Å². The summed E-state index contributed by atoms with van der Waals surface area (Å²) in [5.74, 6) is 1.66. The molecule has 0 saturated carbocycles. The zero-order chi connectivity index (χ0) is 15.5. The third kappa shape index (κ3) is 3.19. The highest BCUT2D eigenvalue weighted by Crippen LogP contribution is 2.31. The van der Waals surface area contributed by atoms with E-state index >= 15 is 0 Å². The Morgan fingerprint density at radius 1 is 1.36 bits per heavy atom. The molecule has 1 aromatic heterocycles. The second-order valence-electron chi connectivity index (χ2n) is 5.78. The van der Waals surface area contributed by atoms with Crippen LogP contribution in [-0.4, -0.2) is 33.2 Å². The summed E-state index contributed by atoms with van der Waals surface area (Å²) in [5, 5.41) is 4.23. The number of carbonyl (C=O) groups is 1. The zero-order valence-electron chi connectivity index (χ0n) is 13.0. The molecule has 0 N–H and O–H groups in total. The van der Waals surface area contributed by atoms with Gasteiger partial charge in [0.2, 0.25) is 5.91 Å². The van der Waals surface area contributed by atoms with Crippen molar-refractivity contribution in [2.24, 2.45) is 7.05 Å². The molecule has 0 radical (unpaired) electrons. The van der Waals surface area contributed by atoms with Gasteiger partial charge in [0.25, 0.3) is 0 Å². The smallest absolute Gasteiger partial charge is 0.240 e. The van der Waals surface area contributed by atoms with Crippen LogP contribution in [0.4, 0.5) is 5.69 Å². The van der Waals surface area contributed by atoms with Crippen LogP contribution in [0.3, 0.4) is 0 Å². The Bertz CT molecular complexity index is 640. The van der Waals surface area contributed by atoms with E-state index in [1.54, 1.807) is 22.6 Å². The maximum absolute atomic E-state index is 12.5. The maximum Gasteiger partial charge on any atom is 0.240 e. The number of anilines is 1. The molecule has 0 aliphatic carbocycles. The Labute approximate surface area is 135 Å². The SMILES string of the molecule is C[C@@H](CS[C@@H]1CCN(c2cnn(C)c2)C1=O)c1ccccc1. The van der Waals surface area contributed by atoms with Crippen molar-refractivity contribution in [1.29, 1.82) is 0 Å². The summed E-state index contributed by atoms with van der Waals surface area (Å²) in [4.78, 5) is 14.4. The zero-order valence-corrected chi connectivity index (χ0v) is 13.8. The van der Waals surface area contributed by atoms with Crippen LogP contribution < -0.4 is 4.90 Å². The lowest BCUT2D eigenvalue weighted by atomic mass is 10.0. The molecule has 2 atom stereocenters. The van der Waals surface area contributed by atoms with Crippen molar-refractivity contribution in [3.8, 4) is 0 Å². The van der Waals surface area contributed by atoms with Gasteiger partial charge in [-0.1, -0.05) is 37.3 Å². The van der Waals surface area contributed by atoms with Crippen molar-refractivity contribution in [3.05, 3.63) is 48.3 Å². The lowest BCUT2D eigenvalue weighted by Crippen LogP contribution is -2.28. The Morgan fingerprint density at radius 3 is 2.82 bits per heavy atom. The molecular formula is C17H21N3OS. The summed E-state index contributed by atoms with van der Waals surface area (Å²) in [7, 11) is 1.87. The molecule has 0 unspecified atom stereocenters. The van der Waals surface area contributed by atoms with E-state index in [1.165, 1.54) is 5.56 Å². The fourth-order valence-electron chi connectivity index (χ4n) is 2.75. The van der Waals surface area contributed by atoms with Gasteiger partial charge < -0.3 is 4.90 Å². The van der Waals surface area contributed by atoms with Gasteiger partial charge in [0, 0.05) is 25.5 Å². The summed E-state index contributed by atoms with van der Waals surface area (Å²) in [5.41, 5.74) is 2.25. The van der Waals surface area contributed by atoms with Gasteiger partial charge in [-0.25, -0.2) is 0 Å². The fraction of sp³-hybridized carbons (Fsp3) is 0.412. The molecular weight excluding hydrogens is 294 g/mol. The Kier molecular flexibility index (Phi) is 4.52. The second-order valence-corrected chi connectivity index (χ2v) is 7.02. The number of amides is 1. The molecule has 2 heterocycles. The molecule has 1 aliphatic rings. The lowest BCUT2D eigenvalue weighted by Gasteiger charge is -2.16. The molecule has 1 fully saturated rings. The summed E-state index contributed by atoms with van der Waals surface area (Å²) in [6.45, 7) is 3.02. The molecule has 116 valence electrons. The van der Waals surface area contributed by atoms with E-state index < -0.39 is 0 Å². The number of nitrogens with zero attached hydrogens (tertiary/aromatic N) is 3. The third-order valence-corrected chi connectivity index (χ3v) is 5.61. The van der Waals surface area contributed by atoms with Gasteiger partial charge in [-0.2, -0.15) is 5.10 Å². The predicted molar refractivity (Wildman–Crippen MR) is 91.3 cm³/mol. The van der Waals surface area contributed by atoms with Crippen LogP contribution in [0.5, 0.6) is 0 Å². The first kappa shape index (κ1) is 15.2. The van der Waals surface area contributed by atoms with Crippen molar-refractivity contribution in [3.63, 3.8) is 0 Å². The Balaban J connectivity index is 1.57. The largest absolute Gasteiger partial charge is 0.308 e. The van der Waals surface area contributed by atoms with Crippen molar-refractivity contribution in [2.45, 2.75) is 24.5 Å². The van der Waals surface area contributed by atoms with E-state index in [0.29, 0.717) is 5.92 Å². The molecule has 3 rings (SSSR count). The molecule has 2 aromatic rings. The molecule has 1 aromatic carbocycles. The normalized spacial score (nSPS) is 19.6. The van der Waals surface area contributed by atoms with Crippen LogP contribution in [0.25, 0.3) is 0 Å². The van der Waals surface area contributed by atoms with Gasteiger partial charge in [0.15, 0.2) is 0 Å². The van der Waals surface area contributed by atoms with Crippen LogP contribution in [0.15, 0.2) is 42.7 Å². The van der Waals surface area contributed by atoms with Crippen molar-refractivity contribution >= 4 is 23.4 Å².